The van der Waals surface area contributed by atoms with E-state index >= 15 is 0 Å². The lowest BCUT2D eigenvalue weighted by atomic mass is 9.90. The minimum Gasteiger partial charge on any atom is -0.119 e. The minimum atomic E-state index is 0.319. The van der Waals surface area contributed by atoms with Crippen molar-refractivity contribution in [2.24, 2.45) is 5.92 Å². The van der Waals surface area contributed by atoms with Gasteiger partial charge in [-0.2, -0.15) is 0 Å². The summed E-state index contributed by atoms with van der Waals surface area (Å²) in [5, 5.41) is 0. The van der Waals surface area contributed by atoms with Gasteiger partial charge in [0.1, 0.15) is 0 Å². The first-order valence-corrected chi connectivity index (χ1v) is 4.62. The smallest absolute Gasteiger partial charge is 0.0384 e. The summed E-state index contributed by atoms with van der Waals surface area (Å²) < 4.78 is 0. The van der Waals surface area contributed by atoms with Crippen molar-refractivity contribution in [3.05, 3.63) is 23.3 Å². The molecule has 0 spiro atoms. The molecule has 0 aromatic rings. The summed E-state index contributed by atoms with van der Waals surface area (Å²) in [6.45, 7) is 4.30. The van der Waals surface area contributed by atoms with Gasteiger partial charge in [-0.3, -0.25) is 0 Å². The molecule has 0 heterocycles. The van der Waals surface area contributed by atoms with Crippen LogP contribution in [0.1, 0.15) is 33.1 Å². The third-order valence-corrected chi connectivity index (χ3v) is 2.53. The highest BCUT2D eigenvalue weighted by Gasteiger charge is 2.09. The van der Waals surface area contributed by atoms with Crippen LogP contribution in [0.3, 0.4) is 0 Å². The Kier molecular flexibility index (Phi) is 3.17. The van der Waals surface area contributed by atoms with Gasteiger partial charge in [-0.15, -0.1) is 6.42 Å². The second kappa shape index (κ2) is 4.16. The molecule has 0 aromatic heterocycles. The van der Waals surface area contributed by atoms with Crippen LogP contribution in [0.15, 0.2) is 23.3 Å². The van der Waals surface area contributed by atoms with Crippen molar-refractivity contribution >= 4 is 0 Å². The molecule has 0 amide bonds. The van der Waals surface area contributed by atoms with Gasteiger partial charge in [0.15, 0.2) is 0 Å². The van der Waals surface area contributed by atoms with Crippen LogP contribution in [-0.4, -0.2) is 0 Å². The molecular formula is C12H16. The lowest BCUT2D eigenvalue weighted by Gasteiger charge is -2.15. The maximum Gasteiger partial charge on any atom is 0.0384 e. The molecular weight excluding hydrogens is 144 g/mol. The van der Waals surface area contributed by atoms with E-state index in [4.69, 9.17) is 6.42 Å². The van der Waals surface area contributed by atoms with Gasteiger partial charge in [-0.25, -0.2) is 0 Å². The largest absolute Gasteiger partial charge is 0.119 e. The zero-order valence-electron chi connectivity index (χ0n) is 7.93. The summed E-state index contributed by atoms with van der Waals surface area (Å²) in [7, 11) is 0. The number of rotatable bonds is 2. The van der Waals surface area contributed by atoms with E-state index in [1.54, 1.807) is 5.57 Å². The number of hydrogen-bond donors (Lipinski definition) is 0. The SMILES string of the molecule is C#CC(C)C1=CC=C(CC)CC1. The van der Waals surface area contributed by atoms with E-state index in [9.17, 15) is 0 Å². The Balaban J connectivity index is 2.67. The van der Waals surface area contributed by atoms with Crippen molar-refractivity contribution in [2.75, 3.05) is 0 Å². The number of terminal acetylenes is 1. The molecule has 12 heavy (non-hydrogen) atoms. The Bertz CT molecular complexity index is 248. The third-order valence-electron chi connectivity index (χ3n) is 2.53. The van der Waals surface area contributed by atoms with Gasteiger partial charge in [0.25, 0.3) is 0 Å². The number of allylic oxidation sites excluding steroid dienone is 4. The summed E-state index contributed by atoms with van der Waals surface area (Å²) >= 11 is 0. The van der Waals surface area contributed by atoms with E-state index in [-0.39, 0.29) is 0 Å². The molecule has 0 saturated heterocycles. The molecule has 0 fully saturated rings. The molecule has 0 heteroatoms. The third kappa shape index (κ3) is 2.01. The summed E-state index contributed by atoms with van der Waals surface area (Å²) in [6, 6.07) is 0. The van der Waals surface area contributed by atoms with Crippen molar-refractivity contribution in [3.8, 4) is 12.3 Å². The monoisotopic (exact) mass is 160 g/mol. The van der Waals surface area contributed by atoms with Crippen LogP contribution in [0.4, 0.5) is 0 Å². The average molecular weight is 160 g/mol. The first-order valence-electron chi connectivity index (χ1n) is 4.62. The van der Waals surface area contributed by atoms with Gasteiger partial charge in [0.05, 0.1) is 0 Å². The molecule has 1 unspecified atom stereocenters. The fourth-order valence-corrected chi connectivity index (χ4v) is 1.46. The van der Waals surface area contributed by atoms with E-state index < -0.39 is 0 Å². The fraction of sp³-hybridized carbons (Fsp3) is 0.500. The summed E-state index contributed by atoms with van der Waals surface area (Å²) in [4.78, 5) is 0. The van der Waals surface area contributed by atoms with Crippen molar-refractivity contribution in [3.63, 3.8) is 0 Å². The van der Waals surface area contributed by atoms with Gasteiger partial charge in [0, 0.05) is 5.92 Å². The predicted molar refractivity (Wildman–Crippen MR) is 53.7 cm³/mol. The van der Waals surface area contributed by atoms with Crippen LogP contribution in [0.25, 0.3) is 0 Å². The van der Waals surface area contributed by atoms with Crippen molar-refractivity contribution in [2.45, 2.75) is 33.1 Å². The first kappa shape index (κ1) is 9.13. The van der Waals surface area contributed by atoms with E-state index in [0.29, 0.717) is 5.92 Å². The average Bonchev–Trinajstić information content (AvgIpc) is 2.17. The normalized spacial score (nSPS) is 19.1. The molecule has 1 rings (SSSR count). The summed E-state index contributed by atoms with van der Waals surface area (Å²) in [6.07, 6.45) is 13.3. The highest BCUT2D eigenvalue weighted by Crippen LogP contribution is 2.24. The Morgan fingerprint density at radius 3 is 2.67 bits per heavy atom. The fourth-order valence-electron chi connectivity index (χ4n) is 1.46. The molecule has 0 bridgehead atoms. The second-order valence-electron chi connectivity index (χ2n) is 3.31. The van der Waals surface area contributed by atoms with Crippen LogP contribution >= 0.6 is 0 Å². The van der Waals surface area contributed by atoms with Crippen molar-refractivity contribution in [1.82, 2.24) is 0 Å². The van der Waals surface area contributed by atoms with Crippen LogP contribution < -0.4 is 0 Å². The zero-order chi connectivity index (χ0) is 8.97. The molecule has 64 valence electrons. The van der Waals surface area contributed by atoms with E-state index in [0.717, 1.165) is 6.42 Å². The summed E-state index contributed by atoms with van der Waals surface area (Å²) in [5.41, 5.74) is 2.96. The lowest BCUT2D eigenvalue weighted by molar-refractivity contribution is 0.761. The van der Waals surface area contributed by atoms with E-state index in [1.807, 2.05) is 0 Å². The van der Waals surface area contributed by atoms with Crippen LogP contribution in [0, 0.1) is 18.3 Å². The molecule has 0 aromatic carbocycles. The molecule has 1 atom stereocenters. The van der Waals surface area contributed by atoms with Gasteiger partial charge < -0.3 is 0 Å². The summed E-state index contributed by atoms with van der Waals surface area (Å²) in [5.74, 6) is 3.09. The quantitative estimate of drug-likeness (QED) is 0.544. The Hall–Kier alpha value is -0.960. The zero-order valence-corrected chi connectivity index (χ0v) is 7.93. The topological polar surface area (TPSA) is 0 Å². The highest BCUT2D eigenvalue weighted by atomic mass is 14.1. The van der Waals surface area contributed by atoms with Gasteiger partial charge in [-0.1, -0.05) is 36.1 Å². The standard InChI is InChI=1S/C12H16/c1-4-10(3)12-8-6-11(5-2)7-9-12/h1,6,8,10H,5,7,9H2,2-3H3. The van der Waals surface area contributed by atoms with Crippen LogP contribution in [0.2, 0.25) is 0 Å². The molecule has 0 N–H and O–H groups in total. The first-order chi connectivity index (χ1) is 5.77. The second-order valence-corrected chi connectivity index (χ2v) is 3.31. The van der Waals surface area contributed by atoms with Crippen molar-refractivity contribution in [1.29, 1.82) is 0 Å². The Morgan fingerprint density at radius 2 is 2.25 bits per heavy atom. The maximum atomic E-state index is 5.36. The molecule has 1 aliphatic rings. The molecule has 0 radical (unpaired) electrons. The van der Waals surface area contributed by atoms with Gasteiger partial charge >= 0.3 is 0 Å². The predicted octanol–water partition coefficient (Wildman–Crippen LogP) is 3.31. The molecule has 0 nitrogen and oxygen atoms in total. The van der Waals surface area contributed by atoms with E-state index in [2.05, 4.69) is 31.9 Å². The maximum absolute atomic E-state index is 5.36. The van der Waals surface area contributed by atoms with Crippen LogP contribution in [-0.2, 0) is 0 Å². The van der Waals surface area contributed by atoms with E-state index in [1.165, 1.54) is 18.4 Å². The Morgan fingerprint density at radius 1 is 1.50 bits per heavy atom. The minimum absolute atomic E-state index is 0.319. The molecule has 0 saturated carbocycles. The van der Waals surface area contributed by atoms with Crippen molar-refractivity contribution < 1.29 is 0 Å². The van der Waals surface area contributed by atoms with Gasteiger partial charge in [-0.05, 0) is 26.2 Å². The Labute approximate surface area is 75.4 Å². The highest BCUT2D eigenvalue weighted by molar-refractivity contribution is 5.28. The van der Waals surface area contributed by atoms with Crippen LogP contribution in [0.5, 0.6) is 0 Å². The number of hydrogen-bond acceptors (Lipinski definition) is 0. The lowest BCUT2D eigenvalue weighted by Crippen LogP contribution is -2.00. The molecule has 1 aliphatic carbocycles. The van der Waals surface area contributed by atoms with Gasteiger partial charge in [0.2, 0.25) is 0 Å². The molecule has 0 aliphatic heterocycles.